The molecule has 0 aliphatic heterocycles. The molecule has 0 atom stereocenters. The average molecular weight is 264 g/mol. The summed E-state index contributed by atoms with van der Waals surface area (Å²) in [7, 11) is 0. The van der Waals surface area contributed by atoms with Crippen LogP contribution in [0.1, 0.15) is 0 Å². The molecule has 0 radical (unpaired) electrons. The van der Waals surface area contributed by atoms with Crippen LogP contribution in [0.4, 0.5) is 10.1 Å². The third kappa shape index (κ3) is 4.54. The zero-order chi connectivity index (χ0) is 12.7. The van der Waals surface area contributed by atoms with Crippen molar-refractivity contribution in [2.45, 2.75) is 0 Å². The van der Waals surface area contributed by atoms with Gasteiger partial charge in [0.15, 0.2) is 0 Å². The highest BCUT2D eigenvalue weighted by molar-refractivity contribution is 6.17. The van der Waals surface area contributed by atoms with Crippen LogP contribution in [0.5, 0.6) is 5.75 Å². The molecule has 7 heteroatoms. The van der Waals surface area contributed by atoms with E-state index in [2.05, 4.69) is 0 Å². The van der Waals surface area contributed by atoms with Gasteiger partial charge in [-0.3, -0.25) is 10.1 Å². The number of nitrogens with zero attached hydrogens (tertiary/aromatic N) is 1. The molecule has 0 unspecified atom stereocenters. The van der Waals surface area contributed by atoms with Crippen LogP contribution in [0.3, 0.4) is 0 Å². The van der Waals surface area contributed by atoms with E-state index in [-0.39, 0.29) is 12.4 Å². The predicted octanol–water partition coefficient (Wildman–Crippen LogP) is 2.37. The Morgan fingerprint density at radius 3 is 2.71 bits per heavy atom. The molecule has 1 aromatic carbocycles. The lowest BCUT2D eigenvalue weighted by molar-refractivity contribution is -0.387. The van der Waals surface area contributed by atoms with E-state index >= 15 is 0 Å². The third-order valence-electron chi connectivity index (χ3n) is 1.83. The second-order valence-corrected chi connectivity index (χ2v) is 3.40. The van der Waals surface area contributed by atoms with Crippen LogP contribution in [-0.4, -0.2) is 30.6 Å². The van der Waals surface area contributed by atoms with Crippen molar-refractivity contribution in [1.29, 1.82) is 0 Å². The molecule has 0 heterocycles. The average Bonchev–Trinajstić information content (AvgIpc) is 2.28. The van der Waals surface area contributed by atoms with E-state index in [0.717, 1.165) is 12.1 Å². The van der Waals surface area contributed by atoms with Gasteiger partial charge in [0.05, 0.1) is 18.1 Å². The first-order valence-corrected chi connectivity index (χ1v) is 5.39. The normalized spacial score (nSPS) is 10.2. The number of benzene rings is 1. The number of rotatable bonds is 7. The van der Waals surface area contributed by atoms with Crippen LogP contribution in [0.25, 0.3) is 0 Å². The number of nitro benzene ring substituents is 1. The van der Waals surface area contributed by atoms with Crippen LogP contribution >= 0.6 is 11.6 Å². The minimum Gasteiger partial charge on any atom is -0.491 e. The molecule has 0 fully saturated rings. The molecule has 94 valence electrons. The Morgan fingerprint density at radius 1 is 1.35 bits per heavy atom. The molecule has 0 saturated carbocycles. The van der Waals surface area contributed by atoms with Crippen LogP contribution in [0, 0.1) is 15.9 Å². The van der Waals surface area contributed by atoms with Crippen molar-refractivity contribution in [2.75, 3.05) is 25.7 Å². The Hall–Kier alpha value is -1.40. The molecule has 0 bridgehead atoms. The smallest absolute Gasteiger partial charge is 0.305 e. The number of ether oxygens (including phenoxy) is 2. The van der Waals surface area contributed by atoms with Crippen molar-refractivity contribution in [2.24, 2.45) is 0 Å². The summed E-state index contributed by atoms with van der Waals surface area (Å²) in [6.45, 7) is 0.971. The van der Waals surface area contributed by atoms with Crippen molar-refractivity contribution < 1.29 is 18.8 Å². The second-order valence-electron chi connectivity index (χ2n) is 3.02. The lowest BCUT2D eigenvalue weighted by atomic mass is 10.3. The summed E-state index contributed by atoms with van der Waals surface area (Å²) in [5.41, 5.74) is -0.573. The molecular weight excluding hydrogens is 253 g/mol. The summed E-state index contributed by atoms with van der Waals surface area (Å²) in [5.74, 6) is -0.302. The molecule has 0 aliphatic carbocycles. The maximum Gasteiger partial charge on any atom is 0.305 e. The van der Waals surface area contributed by atoms with Gasteiger partial charge in [-0.2, -0.15) is 4.39 Å². The minimum atomic E-state index is -0.922. The van der Waals surface area contributed by atoms with E-state index in [1.165, 1.54) is 6.07 Å². The van der Waals surface area contributed by atoms with E-state index in [1.807, 2.05) is 0 Å². The van der Waals surface area contributed by atoms with Crippen molar-refractivity contribution in [3.8, 4) is 5.75 Å². The van der Waals surface area contributed by atoms with Crippen molar-refractivity contribution in [3.63, 3.8) is 0 Å². The van der Waals surface area contributed by atoms with Gasteiger partial charge in [-0.25, -0.2) is 0 Å². The van der Waals surface area contributed by atoms with E-state index < -0.39 is 16.4 Å². The maximum absolute atomic E-state index is 13.2. The topological polar surface area (TPSA) is 61.6 Å². The Balaban J connectivity index is 2.45. The van der Waals surface area contributed by atoms with Gasteiger partial charge >= 0.3 is 5.69 Å². The Labute approximate surface area is 102 Å². The van der Waals surface area contributed by atoms with Gasteiger partial charge in [0.2, 0.25) is 5.82 Å². The summed E-state index contributed by atoms with van der Waals surface area (Å²) in [6, 6.07) is 3.37. The molecule has 17 heavy (non-hydrogen) atoms. The van der Waals surface area contributed by atoms with Gasteiger partial charge in [-0.15, -0.1) is 11.6 Å². The second kappa shape index (κ2) is 7.03. The van der Waals surface area contributed by atoms with Gasteiger partial charge in [-0.05, 0) is 6.07 Å². The van der Waals surface area contributed by atoms with Crippen molar-refractivity contribution in [3.05, 3.63) is 34.1 Å². The van der Waals surface area contributed by atoms with Crippen LogP contribution in [-0.2, 0) is 4.74 Å². The molecule has 0 aromatic heterocycles. The standard InChI is InChI=1S/C10H11ClFNO4/c11-3-4-16-5-6-17-8-1-2-10(13(14)15)9(12)7-8/h1-2,7H,3-6H2. The quantitative estimate of drug-likeness (QED) is 0.328. The monoisotopic (exact) mass is 263 g/mol. The highest BCUT2D eigenvalue weighted by atomic mass is 35.5. The minimum absolute atomic E-state index is 0.225. The summed E-state index contributed by atoms with van der Waals surface area (Å²) in [6.07, 6.45) is 0. The molecule has 0 amide bonds. The largest absolute Gasteiger partial charge is 0.491 e. The third-order valence-corrected chi connectivity index (χ3v) is 1.99. The first kappa shape index (κ1) is 13.7. The van der Waals surface area contributed by atoms with Crippen molar-refractivity contribution >= 4 is 17.3 Å². The highest BCUT2D eigenvalue weighted by Crippen LogP contribution is 2.22. The zero-order valence-corrected chi connectivity index (χ0v) is 9.65. The van der Waals surface area contributed by atoms with E-state index in [1.54, 1.807) is 0 Å². The first-order chi connectivity index (χ1) is 8.15. The van der Waals surface area contributed by atoms with Gasteiger partial charge in [0.1, 0.15) is 12.4 Å². The zero-order valence-electron chi connectivity index (χ0n) is 8.90. The van der Waals surface area contributed by atoms with Gasteiger partial charge < -0.3 is 9.47 Å². The summed E-state index contributed by atoms with van der Waals surface area (Å²) in [5, 5.41) is 10.4. The number of hydrogen-bond acceptors (Lipinski definition) is 4. The lowest BCUT2D eigenvalue weighted by Crippen LogP contribution is -2.08. The fraction of sp³-hybridized carbons (Fsp3) is 0.400. The number of nitro groups is 1. The molecule has 0 N–H and O–H groups in total. The number of halogens is 2. The molecule has 0 aliphatic rings. The molecule has 0 saturated heterocycles. The lowest BCUT2D eigenvalue weighted by Gasteiger charge is -2.06. The summed E-state index contributed by atoms with van der Waals surface area (Å²) >= 11 is 5.39. The van der Waals surface area contributed by atoms with E-state index in [9.17, 15) is 14.5 Å². The number of hydrogen-bond donors (Lipinski definition) is 0. The molecule has 0 spiro atoms. The van der Waals surface area contributed by atoms with Gasteiger partial charge in [0.25, 0.3) is 0 Å². The SMILES string of the molecule is O=[N+]([O-])c1ccc(OCCOCCCl)cc1F. The van der Waals surface area contributed by atoms with Crippen LogP contribution in [0.2, 0.25) is 0 Å². The Bertz CT molecular complexity index is 389. The molecule has 1 rings (SSSR count). The highest BCUT2D eigenvalue weighted by Gasteiger charge is 2.13. The first-order valence-electron chi connectivity index (χ1n) is 4.85. The molecule has 5 nitrogen and oxygen atoms in total. The summed E-state index contributed by atoms with van der Waals surface area (Å²) < 4.78 is 23.3. The fourth-order valence-corrected chi connectivity index (χ4v) is 1.21. The number of alkyl halides is 1. The molecular formula is C10H11ClFNO4. The fourth-order valence-electron chi connectivity index (χ4n) is 1.10. The van der Waals surface area contributed by atoms with Crippen LogP contribution in [0.15, 0.2) is 18.2 Å². The van der Waals surface area contributed by atoms with E-state index in [0.29, 0.717) is 19.1 Å². The molecule has 1 aromatic rings. The van der Waals surface area contributed by atoms with Gasteiger partial charge in [0, 0.05) is 18.0 Å². The summed E-state index contributed by atoms with van der Waals surface area (Å²) in [4.78, 5) is 9.57. The Morgan fingerprint density at radius 2 is 2.12 bits per heavy atom. The van der Waals surface area contributed by atoms with E-state index in [4.69, 9.17) is 21.1 Å². The Kier molecular flexibility index (Phi) is 5.65. The van der Waals surface area contributed by atoms with Crippen molar-refractivity contribution in [1.82, 2.24) is 0 Å². The van der Waals surface area contributed by atoms with Crippen LogP contribution < -0.4 is 4.74 Å². The maximum atomic E-state index is 13.2. The predicted molar refractivity (Wildman–Crippen MR) is 60.1 cm³/mol. The van der Waals surface area contributed by atoms with Gasteiger partial charge in [-0.1, -0.05) is 0 Å².